The summed E-state index contributed by atoms with van der Waals surface area (Å²) in [6.07, 6.45) is 2.53. The number of carbonyl (C=O) groups is 1. The van der Waals surface area contributed by atoms with Gasteiger partial charge in [0, 0.05) is 19.1 Å². The lowest BCUT2D eigenvalue weighted by Crippen LogP contribution is -2.31. The van der Waals surface area contributed by atoms with Gasteiger partial charge in [-0.2, -0.15) is 0 Å². The van der Waals surface area contributed by atoms with Crippen LogP contribution in [0.4, 0.5) is 0 Å². The second-order valence-electron chi connectivity index (χ2n) is 8.44. The molecule has 0 aliphatic carbocycles. The molecule has 1 atom stereocenters. The van der Waals surface area contributed by atoms with Gasteiger partial charge < -0.3 is 14.4 Å². The molecule has 1 saturated heterocycles. The molecule has 2 aromatic carbocycles. The van der Waals surface area contributed by atoms with Gasteiger partial charge in [0.15, 0.2) is 0 Å². The maximum atomic E-state index is 13.3. The summed E-state index contributed by atoms with van der Waals surface area (Å²) in [7, 11) is -0.813. The minimum atomic E-state index is -3.88. The highest BCUT2D eigenvalue weighted by atomic mass is 32.2. The molecule has 0 bridgehead atoms. The number of hydrogen-bond donors (Lipinski definition) is 1. The molecule has 1 aliphatic rings. The maximum Gasteiger partial charge on any atom is 0.257 e. The molecule has 0 aromatic heterocycles. The number of likely N-dealkylation sites (tertiary alicyclic amines) is 1. The number of rotatable bonds is 9. The topological polar surface area (TPSA) is 84.9 Å². The zero-order chi connectivity index (χ0) is 23.3. The molecule has 2 aromatic rings. The van der Waals surface area contributed by atoms with Gasteiger partial charge >= 0.3 is 0 Å². The van der Waals surface area contributed by atoms with Crippen molar-refractivity contribution in [1.82, 2.24) is 9.62 Å². The Morgan fingerprint density at radius 3 is 2.25 bits per heavy atom. The van der Waals surface area contributed by atoms with Crippen molar-refractivity contribution >= 4 is 15.9 Å². The van der Waals surface area contributed by atoms with Crippen molar-refractivity contribution < 1.29 is 22.7 Å². The molecule has 1 amide bonds. The molecule has 1 N–H and O–H groups in total. The fraction of sp³-hybridized carbons (Fsp3) is 0.458. The largest absolute Gasteiger partial charge is 0.497 e. The predicted octanol–water partition coefficient (Wildman–Crippen LogP) is 4.01. The van der Waals surface area contributed by atoms with Crippen LogP contribution in [-0.2, 0) is 10.0 Å². The monoisotopic (exact) mass is 460 g/mol. The van der Waals surface area contributed by atoms with Crippen LogP contribution in [0.2, 0.25) is 0 Å². The minimum Gasteiger partial charge on any atom is -0.497 e. The second-order valence-corrected chi connectivity index (χ2v) is 10.2. The third kappa shape index (κ3) is 5.61. The van der Waals surface area contributed by atoms with Crippen LogP contribution in [0.15, 0.2) is 47.4 Å². The van der Waals surface area contributed by atoms with Crippen LogP contribution < -0.4 is 14.2 Å². The van der Waals surface area contributed by atoms with E-state index in [1.165, 1.54) is 19.2 Å². The average molecular weight is 461 g/mol. The van der Waals surface area contributed by atoms with Gasteiger partial charge in [0.25, 0.3) is 5.91 Å². The van der Waals surface area contributed by atoms with Crippen molar-refractivity contribution in [3.63, 3.8) is 0 Å². The summed E-state index contributed by atoms with van der Waals surface area (Å²) in [5.41, 5.74) is 1.12. The summed E-state index contributed by atoms with van der Waals surface area (Å²) < 4.78 is 40.0. The normalized spacial score (nSPS) is 15.1. The van der Waals surface area contributed by atoms with E-state index >= 15 is 0 Å². The van der Waals surface area contributed by atoms with E-state index in [2.05, 4.69) is 4.72 Å². The number of hydrogen-bond acceptors (Lipinski definition) is 5. The molecule has 1 unspecified atom stereocenters. The van der Waals surface area contributed by atoms with E-state index in [1.807, 2.05) is 38.1 Å². The fourth-order valence-electron chi connectivity index (χ4n) is 3.93. The number of methoxy groups -OCH3 is 2. The lowest BCUT2D eigenvalue weighted by molar-refractivity contribution is 0.0789. The van der Waals surface area contributed by atoms with Crippen molar-refractivity contribution in [2.45, 2.75) is 44.0 Å². The Morgan fingerprint density at radius 2 is 1.69 bits per heavy atom. The van der Waals surface area contributed by atoms with E-state index in [4.69, 9.17) is 9.47 Å². The SMILES string of the molecule is COc1ccc(C(CC(C)C)NS(=O)(=O)c2ccc(OC)c(C(=O)N3CCCC3)c2)cc1. The summed E-state index contributed by atoms with van der Waals surface area (Å²) >= 11 is 0. The molecule has 1 aliphatic heterocycles. The molecule has 0 saturated carbocycles. The van der Waals surface area contributed by atoms with E-state index in [-0.39, 0.29) is 22.3 Å². The van der Waals surface area contributed by atoms with Crippen molar-refractivity contribution in [1.29, 1.82) is 0 Å². The van der Waals surface area contributed by atoms with Gasteiger partial charge in [-0.3, -0.25) is 4.79 Å². The molecular formula is C24H32N2O5S. The summed E-state index contributed by atoms with van der Waals surface area (Å²) in [4.78, 5) is 14.8. The van der Waals surface area contributed by atoms with Crippen LogP contribution >= 0.6 is 0 Å². The first-order valence-electron chi connectivity index (χ1n) is 10.9. The van der Waals surface area contributed by atoms with Crippen LogP contribution in [0.3, 0.4) is 0 Å². The number of nitrogens with one attached hydrogen (secondary N) is 1. The Bertz CT molecular complexity index is 1030. The average Bonchev–Trinajstić information content (AvgIpc) is 3.32. The number of nitrogens with zero attached hydrogens (tertiary/aromatic N) is 1. The van der Waals surface area contributed by atoms with Gasteiger partial charge in [0.1, 0.15) is 11.5 Å². The van der Waals surface area contributed by atoms with Gasteiger partial charge in [-0.15, -0.1) is 0 Å². The quantitative estimate of drug-likeness (QED) is 0.611. The first-order chi connectivity index (χ1) is 15.2. The van der Waals surface area contributed by atoms with Crippen molar-refractivity contribution in [3.8, 4) is 11.5 Å². The highest BCUT2D eigenvalue weighted by Gasteiger charge is 2.27. The Labute approximate surface area is 190 Å². The number of sulfonamides is 1. The third-order valence-electron chi connectivity index (χ3n) is 5.63. The molecule has 8 heteroatoms. The molecule has 32 heavy (non-hydrogen) atoms. The summed E-state index contributed by atoms with van der Waals surface area (Å²) in [5, 5.41) is 0. The zero-order valence-electron chi connectivity index (χ0n) is 19.1. The van der Waals surface area contributed by atoms with E-state index in [0.29, 0.717) is 31.0 Å². The van der Waals surface area contributed by atoms with Crippen LogP contribution in [0.1, 0.15) is 55.1 Å². The second kappa shape index (κ2) is 10.4. The number of amides is 1. The molecule has 0 spiro atoms. The molecule has 3 rings (SSSR count). The number of carbonyl (C=O) groups excluding carboxylic acids is 1. The van der Waals surface area contributed by atoms with Crippen molar-refractivity contribution in [2.24, 2.45) is 5.92 Å². The van der Waals surface area contributed by atoms with Crippen LogP contribution in [-0.4, -0.2) is 46.5 Å². The van der Waals surface area contributed by atoms with Gasteiger partial charge in [-0.1, -0.05) is 26.0 Å². The van der Waals surface area contributed by atoms with Crippen molar-refractivity contribution in [2.75, 3.05) is 27.3 Å². The first-order valence-corrected chi connectivity index (χ1v) is 12.4. The third-order valence-corrected chi connectivity index (χ3v) is 7.10. The standard InChI is InChI=1S/C24H32N2O5S/c1-17(2)15-22(18-7-9-19(30-3)10-8-18)25-32(28,29)20-11-12-23(31-4)21(16-20)24(27)26-13-5-6-14-26/h7-12,16-17,22,25H,5-6,13-15H2,1-4H3. The molecule has 174 valence electrons. The molecule has 1 fully saturated rings. The van der Waals surface area contributed by atoms with Gasteiger partial charge in [0.05, 0.1) is 24.7 Å². The number of ether oxygens (including phenoxy) is 2. The minimum absolute atomic E-state index is 0.0446. The predicted molar refractivity (Wildman–Crippen MR) is 124 cm³/mol. The van der Waals surface area contributed by atoms with Gasteiger partial charge in [0.2, 0.25) is 10.0 Å². The molecule has 1 heterocycles. The Morgan fingerprint density at radius 1 is 1.03 bits per heavy atom. The zero-order valence-corrected chi connectivity index (χ0v) is 19.9. The van der Waals surface area contributed by atoms with E-state index in [9.17, 15) is 13.2 Å². The summed E-state index contributed by atoms with van der Waals surface area (Å²) in [5.74, 6) is 1.15. The Balaban J connectivity index is 1.92. The highest BCUT2D eigenvalue weighted by molar-refractivity contribution is 7.89. The molecule has 7 nitrogen and oxygen atoms in total. The first kappa shape index (κ1) is 24.1. The van der Waals surface area contributed by atoms with Crippen molar-refractivity contribution in [3.05, 3.63) is 53.6 Å². The Kier molecular flexibility index (Phi) is 7.79. The molecule has 0 radical (unpaired) electrons. The smallest absolute Gasteiger partial charge is 0.257 e. The maximum absolute atomic E-state index is 13.3. The van der Waals surface area contributed by atoms with Crippen LogP contribution in [0.25, 0.3) is 0 Å². The fourth-order valence-corrected chi connectivity index (χ4v) is 5.19. The Hall–Kier alpha value is -2.58. The van der Waals surface area contributed by atoms with E-state index in [1.54, 1.807) is 18.1 Å². The highest BCUT2D eigenvalue weighted by Crippen LogP contribution is 2.29. The molecular weight excluding hydrogens is 428 g/mol. The van der Waals surface area contributed by atoms with Gasteiger partial charge in [-0.05, 0) is 61.1 Å². The summed E-state index contributed by atoms with van der Waals surface area (Å²) in [6, 6.07) is 11.4. The number of benzene rings is 2. The van der Waals surface area contributed by atoms with Crippen LogP contribution in [0, 0.1) is 5.92 Å². The van der Waals surface area contributed by atoms with Crippen LogP contribution in [0.5, 0.6) is 11.5 Å². The lowest BCUT2D eigenvalue weighted by Gasteiger charge is -2.22. The lowest BCUT2D eigenvalue weighted by atomic mass is 9.98. The van der Waals surface area contributed by atoms with E-state index in [0.717, 1.165) is 18.4 Å². The van der Waals surface area contributed by atoms with Gasteiger partial charge in [-0.25, -0.2) is 13.1 Å². The van der Waals surface area contributed by atoms with E-state index < -0.39 is 16.1 Å². The summed E-state index contributed by atoms with van der Waals surface area (Å²) in [6.45, 7) is 5.44.